The Morgan fingerprint density at radius 3 is 2.58 bits per heavy atom. The number of fused-ring (bicyclic) bond motifs is 1. The topological polar surface area (TPSA) is 65.7 Å². The van der Waals surface area contributed by atoms with Gasteiger partial charge >= 0.3 is 11.6 Å². The van der Waals surface area contributed by atoms with Gasteiger partial charge in [-0.1, -0.05) is 24.3 Å². The highest BCUT2D eigenvalue weighted by atomic mass is 16.5. The summed E-state index contributed by atoms with van der Waals surface area (Å²) in [6.07, 6.45) is 2.92. The summed E-state index contributed by atoms with van der Waals surface area (Å²) in [6.45, 7) is 0. The Morgan fingerprint density at radius 2 is 1.83 bits per heavy atom. The van der Waals surface area contributed by atoms with Crippen LogP contribution in [0.5, 0.6) is 11.5 Å². The third-order valence-electron chi connectivity index (χ3n) is 3.35. The number of ether oxygens (including phenoxy) is 2. The van der Waals surface area contributed by atoms with E-state index >= 15 is 0 Å². The number of carbonyl (C=O) groups is 1. The monoisotopic (exact) mass is 322 g/mol. The van der Waals surface area contributed by atoms with Crippen molar-refractivity contribution in [1.29, 1.82) is 0 Å². The lowest BCUT2D eigenvalue weighted by atomic mass is 10.2. The molecule has 5 nitrogen and oxygen atoms in total. The van der Waals surface area contributed by atoms with Crippen molar-refractivity contribution in [2.75, 3.05) is 7.11 Å². The fourth-order valence-corrected chi connectivity index (χ4v) is 2.19. The van der Waals surface area contributed by atoms with Crippen LogP contribution in [-0.2, 0) is 4.79 Å². The van der Waals surface area contributed by atoms with Gasteiger partial charge in [0.1, 0.15) is 17.1 Å². The summed E-state index contributed by atoms with van der Waals surface area (Å²) in [5, 5.41) is 0.559. The van der Waals surface area contributed by atoms with Gasteiger partial charge in [0, 0.05) is 6.08 Å². The van der Waals surface area contributed by atoms with Crippen LogP contribution in [0.15, 0.2) is 69.9 Å². The zero-order valence-electron chi connectivity index (χ0n) is 12.9. The maximum absolute atomic E-state index is 12.0. The summed E-state index contributed by atoms with van der Waals surface area (Å²) in [6, 6.07) is 15.2. The molecule has 3 rings (SSSR count). The molecule has 0 saturated heterocycles. The van der Waals surface area contributed by atoms with Gasteiger partial charge in [-0.2, -0.15) is 0 Å². The van der Waals surface area contributed by atoms with Gasteiger partial charge in [0.05, 0.1) is 18.6 Å². The molecule has 3 aromatic rings. The van der Waals surface area contributed by atoms with E-state index in [0.29, 0.717) is 11.0 Å². The van der Waals surface area contributed by atoms with Crippen LogP contribution in [0.1, 0.15) is 5.56 Å². The molecule has 1 heterocycles. The predicted octanol–water partition coefficient (Wildman–Crippen LogP) is 3.42. The second kappa shape index (κ2) is 6.83. The molecule has 0 N–H and O–H groups in total. The number of esters is 1. The molecular weight excluding hydrogens is 308 g/mol. The van der Waals surface area contributed by atoms with Crippen LogP contribution >= 0.6 is 0 Å². The van der Waals surface area contributed by atoms with Crippen molar-refractivity contribution in [3.63, 3.8) is 0 Å². The zero-order valence-corrected chi connectivity index (χ0v) is 12.9. The minimum absolute atomic E-state index is 0.172. The van der Waals surface area contributed by atoms with Crippen LogP contribution in [0.3, 0.4) is 0 Å². The predicted molar refractivity (Wildman–Crippen MR) is 90.1 cm³/mol. The maximum Gasteiger partial charge on any atom is 0.339 e. The molecule has 0 atom stereocenters. The molecule has 1 aromatic heterocycles. The zero-order chi connectivity index (χ0) is 16.9. The van der Waals surface area contributed by atoms with Gasteiger partial charge in [-0.25, -0.2) is 9.59 Å². The Morgan fingerprint density at radius 1 is 1.08 bits per heavy atom. The average Bonchev–Trinajstić information content (AvgIpc) is 2.60. The number of benzene rings is 2. The molecule has 24 heavy (non-hydrogen) atoms. The number of hydrogen-bond donors (Lipinski definition) is 0. The van der Waals surface area contributed by atoms with Crippen molar-refractivity contribution in [2.24, 2.45) is 0 Å². The van der Waals surface area contributed by atoms with Gasteiger partial charge in [-0.05, 0) is 35.9 Å². The van der Waals surface area contributed by atoms with Crippen LogP contribution < -0.4 is 15.1 Å². The Labute approximate surface area is 137 Å². The van der Waals surface area contributed by atoms with Gasteiger partial charge in [0.2, 0.25) is 0 Å². The standard InChI is InChI=1S/C19H14O5/c1-22-14-9-6-13(7-10-14)8-11-18(20)24-17-12-19(21)23-16-5-3-2-4-15(16)17/h2-12H,1H3/b11-8+. The third kappa shape index (κ3) is 3.52. The van der Waals surface area contributed by atoms with Crippen LogP contribution in [-0.4, -0.2) is 13.1 Å². The smallest absolute Gasteiger partial charge is 0.339 e. The molecule has 120 valence electrons. The minimum atomic E-state index is -0.582. The van der Waals surface area contributed by atoms with E-state index in [1.807, 2.05) is 12.1 Å². The summed E-state index contributed by atoms with van der Waals surface area (Å²) in [5.74, 6) is 0.324. The van der Waals surface area contributed by atoms with Crippen molar-refractivity contribution in [3.05, 3.63) is 76.7 Å². The van der Waals surface area contributed by atoms with Crippen LogP contribution in [0.2, 0.25) is 0 Å². The second-order valence-corrected chi connectivity index (χ2v) is 4.95. The van der Waals surface area contributed by atoms with Gasteiger partial charge < -0.3 is 13.9 Å². The molecule has 0 aliphatic carbocycles. The van der Waals surface area contributed by atoms with Gasteiger partial charge in [0.25, 0.3) is 0 Å². The van der Waals surface area contributed by atoms with Gasteiger partial charge in [0.15, 0.2) is 0 Å². The molecule has 5 heteroatoms. The fraction of sp³-hybridized carbons (Fsp3) is 0.0526. The molecule has 0 fully saturated rings. The van der Waals surface area contributed by atoms with Crippen LogP contribution in [0.25, 0.3) is 17.0 Å². The van der Waals surface area contributed by atoms with E-state index in [-0.39, 0.29) is 5.75 Å². The van der Waals surface area contributed by atoms with Gasteiger partial charge in [-0.3, -0.25) is 0 Å². The van der Waals surface area contributed by atoms with Crippen LogP contribution in [0, 0.1) is 0 Å². The SMILES string of the molecule is COc1ccc(/C=C/C(=O)Oc2cc(=O)oc3ccccc23)cc1. The molecule has 0 amide bonds. The van der Waals surface area contributed by atoms with E-state index in [1.165, 1.54) is 6.08 Å². The summed E-state index contributed by atoms with van der Waals surface area (Å²) >= 11 is 0. The Kier molecular flexibility index (Phi) is 4.43. The number of methoxy groups -OCH3 is 1. The molecular formula is C19H14O5. The molecule has 0 bridgehead atoms. The number of para-hydroxylation sites is 1. The first-order valence-corrected chi connectivity index (χ1v) is 7.22. The molecule has 0 unspecified atom stereocenters. The molecule has 0 radical (unpaired) electrons. The molecule has 0 aliphatic rings. The minimum Gasteiger partial charge on any atom is -0.497 e. The summed E-state index contributed by atoms with van der Waals surface area (Å²) in [7, 11) is 1.59. The largest absolute Gasteiger partial charge is 0.497 e. The lowest BCUT2D eigenvalue weighted by molar-refractivity contribution is -0.128. The van der Waals surface area contributed by atoms with Crippen molar-refractivity contribution < 1.29 is 18.7 Å². The van der Waals surface area contributed by atoms with E-state index in [4.69, 9.17) is 13.9 Å². The lowest BCUT2D eigenvalue weighted by Crippen LogP contribution is -2.07. The first kappa shape index (κ1) is 15.6. The normalized spacial score (nSPS) is 10.9. The summed E-state index contributed by atoms with van der Waals surface area (Å²) in [5.41, 5.74) is 0.618. The highest BCUT2D eigenvalue weighted by Crippen LogP contribution is 2.23. The van der Waals surface area contributed by atoms with Gasteiger partial charge in [-0.15, -0.1) is 0 Å². The fourth-order valence-electron chi connectivity index (χ4n) is 2.19. The number of carbonyl (C=O) groups excluding carboxylic acids is 1. The quantitative estimate of drug-likeness (QED) is 0.418. The first-order valence-electron chi connectivity index (χ1n) is 7.22. The average molecular weight is 322 g/mol. The number of hydrogen-bond acceptors (Lipinski definition) is 5. The van der Waals surface area contributed by atoms with E-state index in [0.717, 1.165) is 17.4 Å². The molecule has 0 aliphatic heterocycles. The van der Waals surface area contributed by atoms with Crippen LogP contribution in [0.4, 0.5) is 0 Å². The van der Waals surface area contributed by atoms with E-state index < -0.39 is 11.6 Å². The second-order valence-electron chi connectivity index (χ2n) is 4.95. The first-order chi connectivity index (χ1) is 11.7. The Bertz CT molecular complexity index is 951. The number of rotatable bonds is 4. The Hall–Kier alpha value is -3.34. The molecule has 0 spiro atoms. The van der Waals surface area contributed by atoms with E-state index in [1.54, 1.807) is 49.6 Å². The lowest BCUT2D eigenvalue weighted by Gasteiger charge is -2.04. The van der Waals surface area contributed by atoms with Crippen molar-refractivity contribution in [3.8, 4) is 11.5 Å². The Balaban J connectivity index is 1.79. The maximum atomic E-state index is 12.0. The van der Waals surface area contributed by atoms with Crippen molar-refractivity contribution in [2.45, 2.75) is 0 Å². The van der Waals surface area contributed by atoms with Crippen molar-refractivity contribution in [1.82, 2.24) is 0 Å². The summed E-state index contributed by atoms with van der Waals surface area (Å²) in [4.78, 5) is 23.5. The summed E-state index contributed by atoms with van der Waals surface area (Å²) < 4.78 is 15.4. The van der Waals surface area contributed by atoms with Crippen molar-refractivity contribution >= 4 is 23.0 Å². The molecule has 2 aromatic carbocycles. The van der Waals surface area contributed by atoms with E-state index in [2.05, 4.69) is 0 Å². The highest BCUT2D eigenvalue weighted by molar-refractivity contribution is 5.92. The third-order valence-corrected chi connectivity index (χ3v) is 3.35. The van der Waals surface area contributed by atoms with E-state index in [9.17, 15) is 9.59 Å². The highest BCUT2D eigenvalue weighted by Gasteiger charge is 2.09. The molecule has 0 saturated carbocycles.